The number of carbonyl (C=O) groups excluding carboxylic acids is 1. The van der Waals surface area contributed by atoms with Gasteiger partial charge in [-0.1, -0.05) is 6.08 Å². The van der Waals surface area contributed by atoms with Crippen LogP contribution in [0.5, 0.6) is 11.5 Å². The van der Waals surface area contributed by atoms with E-state index < -0.39 is 12.6 Å². The molecule has 1 rings (SSSR count). The van der Waals surface area contributed by atoms with E-state index in [0.717, 1.165) is 0 Å². The van der Waals surface area contributed by atoms with Crippen LogP contribution >= 0.6 is 0 Å². The van der Waals surface area contributed by atoms with Gasteiger partial charge < -0.3 is 19.9 Å². The van der Waals surface area contributed by atoms with E-state index in [1.165, 1.54) is 12.1 Å². The number of hydrogen-bond acceptors (Lipinski definition) is 4. The summed E-state index contributed by atoms with van der Waals surface area (Å²) < 4.78 is 10.5. The molecule has 0 saturated heterocycles. The largest absolute Gasteiger partial charge is 0.490 e. The van der Waals surface area contributed by atoms with Gasteiger partial charge in [0.25, 0.3) is 5.91 Å². The first kappa shape index (κ1) is 17.6. The van der Waals surface area contributed by atoms with Crippen LogP contribution < -0.4 is 14.8 Å². The highest BCUT2D eigenvalue weighted by Crippen LogP contribution is 2.28. The topological polar surface area (TPSA) is 84.9 Å². The van der Waals surface area contributed by atoms with Crippen LogP contribution in [0.25, 0.3) is 0 Å². The van der Waals surface area contributed by atoms with Gasteiger partial charge in [-0.05, 0) is 38.5 Å². The van der Waals surface area contributed by atoms with Gasteiger partial charge in [0.05, 0.1) is 6.61 Å². The first-order valence-electron chi connectivity index (χ1n) is 7.01. The summed E-state index contributed by atoms with van der Waals surface area (Å²) in [5.41, 5.74) is 0.419. The summed E-state index contributed by atoms with van der Waals surface area (Å²) in [6, 6.07) is 4.61. The Bertz CT molecular complexity index is 541. The number of ether oxygens (including phenoxy) is 2. The Morgan fingerprint density at radius 3 is 2.68 bits per heavy atom. The number of amides is 1. The van der Waals surface area contributed by atoms with E-state index in [1.54, 1.807) is 19.1 Å². The molecule has 1 atom stereocenters. The molecule has 2 N–H and O–H groups in total. The van der Waals surface area contributed by atoms with E-state index in [0.29, 0.717) is 30.1 Å². The third-order valence-electron chi connectivity index (χ3n) is 2.75. The van der Waals surface area contributed by atoms with Gasteiger partial charge in [-0.2, -0.15) is 0 Å². The Hall–Kier alpha value is -2.50. The van der Waals surface area contributed by atoms with Crippen molar-refractivity contribution in [1.82, 2.24) is 5.32 Å². The number of carbonyl (C=O) groups is 2. The van der Waals surface area contributed by atoms with Gasteiger partial charge in [0.15, 0.2) is 18.1 Å². The van der Waals surface area contributed by atoms with Crippen LogP contribution in [0.15, 0.2) is 30.9 Å². The van der Waals surface area contributed by atoms with Gasteiger partial charge in [-0.15, -0.1) is 6.58 Å². The number of nitrogens with one attached hydrogen (secondary N) is 1. The molecule has 0 heterocycles. The Kier molecular flexibility index (Phi) is 6.95. The van der Waals surface area contributed by atoms with Crippen LogP contribution in [0.3, 0.4) is 0 Å². The summed E-state index contributed by atoms with van der Waals surface area (Å²) in [4.78, 5) is 22.7. The highest BCUT2D eigenvalue weighted by molar-refractivity contribution is 5.95. The standard InChI is InChI=1S/C16H21NO5/c1-4-6-11(3)17-16(20)12-7-8-13(22-10-15(18)19)14(9-12)21-5-2/h4,7-9,11H,1,5-6,10H2,2-3H3,(H,17,20)(H,18,19). The maximum absolute atomic E-state index is 12.1. The van der Waals surface area contributed by atoms with Crippen LogP contribution in [0.1, 0.15) is 30.6 Å². The van der Waals surface area contributed by atoms with Crippen molar-refractivity contribution in [3.05, 3.63) is 36.4 Å². The fourth-order valence-corrected chi connectivity index (χ4v) is 1.79. The molecule has 0 aliphatic carbocycles. The summed E-state index contributed by atoms with van der Waals surface area (Å²) in [6.07, 6.45) is 2.41. The predicted molar refractivity (Wildman–Crippen MR) is 82.5 cm³/mol. The molecule has 0 aromatic heterocycles. The summed E-state index contributed by atoms with van der Waals surface area (Å²) in [5, 5.41) is 11.5. The number of rotatable bonds is 9. The highest BCUT2D eigenvalue weighted by atomic mass is 16.5. The number of hydrogen-bond donors (Lipinski definition) is 2. The minimum Gasteiger partial charge on any atom is -0.490 e. The Balaban J connectivity index is 2.88. The predicted octanol–water partition coefficient (Wildman–Crippen LogP) is 2.24. The van der Waals surface area contributed by atoms with Crippen molar-refractivity contribution in [1.29, 1.82) is 0 Å². The lowest BCUT2D eigenvalue weighted by Gasteiger charge is -2.14. The molecule has 0 spiro atoms. The third-order valence-corrected chi connectivity index (χ3v) is 2.75. The molecule has 0 fully saturated rings. The summed E-state index contributed by atoms with van der Waals surface area (Å²) in [7, 11) is 0. The van der Waals surface area contributed by atoms with E-state index in [-0.39, 0.29) is 11.9 Å². The van der Waals surface area contributed by atoms with Gasteiger partial charge in [0.2, 0.25) is 0 Å². The van der Waals surface area contributed by atoms with Crippen LogP contribution in [0.4, 0.5) is 0 Å². The smallest absolute Gasteiger partial charge is 0.341 e. The molecule has 0 radical (unpaired) electrons. The van der Waals surface area contributed by atoms with Gasteiger partial charge in [-0.25, -0.2) is 4.79 Å². The summed E-state index contributed by atoms with van der Waals surface area (Å²) >= 11 is 0. The SMILES string of the molecule is C=CCC(C)NC(=O)c1ccc(OCC(=O)O)c(OCC)c1. The number of carboxylic acid groups (broad SMARTS) is 1. The molecule has 1 aromatic carbocycles. The van der Waals surface area contributed by atoms with Crippen LogP contribution in [-0.2, 0) is 4.79 Å². The van der Waals surface area contributed by atoms with Crippen LogP contribution in [0.2, 0.25) is 0 Å². The molecule has 0 aliphatic heterocycles. The highest BCUT2D eigenvalue weighted by Gasteiger charge is 2.14. The van der Waals surface area contributed by atoms with E-state index >= 15 is 0 Å². The van der Waals surface area contributed by atoms with Crippen LogP contribution in [-0.4, -0.2) is 36.2 Å². The number of carboxylic acids is 1. The molecule has 1 aromatic rings. The van der Waals surface area contributed by atoms with E-state index in [4.69, 9.17) is 14.6 Å². The Morgan fingerprint density at radius 2 is 2.09 bits per heavy atom. The minimum atomic E-state index is -1.08. The van der Waals surface area contributed by atoms with Gasteiger partial charge in [0.1, 0.15) is 0 Å². The lowest BCUT2D eigenvalue weighted by molar-refractivity contribution is -0.139. The second kappa shape index (κ2) is 8.71. The molecule has 1 unspecified atom stereocenters. The Morgan fingerprint density at radius 1 is 1.36 bits per heavy atom. The first-order chi connectivity index (χ1) is 10.5. The lowest BCUT2D eigenvalue weighted by atomic mass is 10.1. The average molecular weight is 307 g/mol. The quantitative estimate of drug-likeness (QED) is 0.683. The number of benzene rings is 1. The van der Waals surface area contributed by atoms with E-state index in [1.807, 2.05) is 6.92 Å². The second-order valence-corrected chi connectivity index (χ2v) is 4.68. The minimum absolute atomic E-state index is 0.0246. The Labute approximate surface area is 129 Å². The maximum Gasteiger partial charge on any atom is 0.341 e. The monoisotopic (exact) mass is 307 g/mol. The summed E-state index contributed by atoms with van der Waals surface area (Å²) in [5.74, 6) is -0.685. The fourth-order valence-electron chi connectivity index (χ4n) is 1.79. The van der Waals surface area contributed by atoms with Crippen molar-refractivity contribution < 1.29 is 24.2 Å². The van der Waals surface area contributed by atoms with Crippen molar-refractivity contribution in [2.45, 2.75) is 26.3 Å². The third kappa shape index (κ3) is 5.47. The van der Waals surface area contributed by atoms with Crippen molar-refractivity contribution in [2.75, 3.05) is 13.2 Å². The maximum atomic E-state index is 12.1. The molecular weight excluding hydrogens is 286 g/mol. The molecule has 120 valence electrons. The molecule has 0 saturated carbocycles. The zero-order valence-electron chi connectivity index (χ0n) is 12.8. The van der Waals surface area contributed by atoms with Gasteiger partial charge >= 0.3 is 5.97 Å². The van der Waals surface area contributed by atoms with Crippen molar-refractivity contribution in [3.63, 3.8) is 0 Å². The zero-order valence-corrected chi connectivity index (χ0v) is 12.8. The lowest BCUT2D eigenvalue weighted by Crippen LogP contribution is -2.32. The summed E-state index contributed by atoms with van der Waals surface area (Å²) in [6.45, 7) is 7.21. The first-order valence-corrected chi connectivity index (χ1v) is 7.01. The van der Waals surface area contributed by atoms with Crippen molar-refractivity contribution in [3.8, 4) is 11.5 Å². The molecule has 0 aliphatic rings. The second-order valence-electron chi connectivity index (χ2n) is 4.68. The molecule has 0 bridgehead atoms. The number of aliphatic carboxylic acids is 1. The van der Waals surface area contributed by atoms with Crippen LogP contribution in [0, 0.1) is 0 Å². The molecule has 6 heteroatoms. The molecule has 6 nitrogen and oxygen atoms in total. The molecule has 1 amide bonds. The fraction of sp³-hybridized carbons (Fsp3) is 0.375. The molecule has 22 heavy (non-hydrogen) atoms. The normalized spacial score (nSPS) is 11.4. The van der Waals surface area contributed by atoms with E-state index in [9.17, 15) is 9.59 Å². The van der Waals surface area contributed by atoms with Crippen molar-refractivity contribution in [2.24, 2.45) is 0 Å². The average Bonchev–Trinajstić information content (AvgIpc) is 2.46. The zero-order chi connectivity index (χ0) is 16.5. The van der Waals surface area contributed by atoms with E-state index in [2.05, 4.69) is 11.9 Å². The van der Waals surface area contributed by atoms with Gasteiger partial charge in [-0.3, -0.25) is 4.79 Å². The molecular formula is C16H21NO5. The van der Waals surface area contributed by atoms with Gasteiger partial charge in [0, 0.05) is 11.6 Å². The van der Waals surface area contributed by atoms with Crippen molar-refractivity contribution >= 4 is 11.9 Å².